The minimum atomic E-state index is 0.0562. The summed E-state index contributed by atoms with van der Waals surface area (Å²) < 4.78 is 7.56. The quantitative estimate of drug-likeness (QED) is 0.473. The molecule has 0 aliphatic heterocycles. The lowest BCUT2D eigenvalue weighted by Crippen LogP contribution is -2.26. The Bertz CT molecular complexity index is 791. The van der Waals surface area contributed by atoms with Crippen LogP contribution in [0.3, 0.4) is 0 Å². The van der Waals surface area contributed by atoms with E-state index in [1.165, 1.54) is 31.0 Å². The summed E-state index contributed by atoms with van der Waals surface area (Å²) >= 11 is 1.48. The second kappa shape index (κ2) is 10.7. The molecule has 0 bridgehead atoms. The SMILES string of the molecule is CCCCNC(=O)CSc1nnc(-c2ccc(OC)cc2)n1[C@H]1CCCC[C@@H]1C. The van der Waals surface area contributed by atoms with Crippen LogP contribution in [0.15, 0.2) is 29.4 Å². The molecule has 6 nitrogen and oxygen atoms in total. The number of aromatic nitrogens is 3. The molecule has 2 aromatic rings. The molecule has 1 N–H and O–H groups in total. The highest BCUT2D eigenvalue weighted by atomic mass is 32.2. The van der Waals surface area contributed by atoms with Crippen molar-refractivity contribution in [3.8, 4) is 17.1 Å². The number of rotatable bonds is 9. The number of hydrogen-bond donors (Lipinski definition) is 1. The molecule has 0 radical (unpaired) electrons. The molecular weight excluding hydrogens is 384 g/mol. The van der Waals surface area contributed by atoms with Crippen LogP contribution in [0.5, 0.6) is 5.75 Å². The molecule has 1 aromatic carbocycles. The second-order valence-corrected chi connectivity index (χ2v) is 8.67. The second-order valence-electron chi connectivity index (χ2n) is 7.73. The first-order chi connectivity index (χ1) is 14.1. The zero-order valence-electron chi connectivity index (χ0n) is 17.7. The lowest BCUT2D eigenvalue weighted by Gasteiger charge is -2.31. The molecule has 1 fully saturated rings. The Morgan fingerprint density at radius 1 is 1.24 bits per heavy atom. The van der Waals surface area contributed by atoms with Crippen LogP contribution in [-0.2, 0) is 4.79 Å². The van der Waals surface area contributed by atoms with Gasteiger partial charge in [0.1, 0.15) is 5.75 Å². The smallest absolute Gasteiger partial charge is 0.230 e. The van der Waals surface area contributed by atoms with Crippen LogP contribution in [-0.4, -0.2) is 40.1 Å². The Morgan fingerprint density at radius 2 is 2.00 bits per heavy atom. The third-order valence-corrected chi connectivity index (χ3v) is 6.54. The van der Waals surface area contributed by atoms with Crippen LogP contribution in [0.4, 0.5) is 0 Å². The van der Waals surface area contributed by atoms with E-state index in [0.717, 1.165) is 48.1 Å². The van der Waals surface area contributed by atoms with Gasteiger partial charge in [0.15, 0.2) is 11.0 Å². The Kier molecular flexibility index (Phi) is 7.98. The Hall–Kier alpha value is -2.02. The van der Waals surface area contributed by atoms with Crippen LogP contribution in [0.25, 0.3) is 11.4 Å². The predicted molar refractivity (Wildman–Crippen MR) is 117 cm³/mol. The maximum Gasteiger partial charge on any atom is 0.230 e. The first-order valence-electron chi connectivity index (χ1n) is 10.6. The van der Waals surface area contributed by atoms with Crippen molar-refractivity contribution in [1.29, 1.82) is 0 Å². The zero-order valence-corrected chi connectivity index (χ0v) is 18.5. The van der Waals surface area contributed by atoms with Crippen LogP contribution in [0.2, 0.25) is 0 Å². The third kappa shape index (κ3) is 5.53. The number of thioether (sulfide) groups is 1. The number of methoxy groups -OCH3 is 1. The molecule has 29 heavy (non-hydrogen) atoms. The van der Waals surface area contributed by atoms with E-state index < -0.39 is 0 Å². The van der Waals surface area contributed by atoms with Crippen molar-refractivity contribution in [1.82, 2.24) is 20.1 Å². The van der Waals surface area contributed by atoms with Crippen molar-refractivity contribution in [3.05, 3.63) is 24.3 Å². The fourth-order valence-electron chi connectivity index (χ4n) is 3.88. The minimum absolute atomic E-state index is 0.0562. The van der Waals surface area contributed by atoms with E-state index in [9.17, 15) is 4.79 Å². The van der Waals surface area contributed by atoms with Gasteiger partial charge in [-0.05, 0) is 49.4 Å². The summed E-state index contributed by atoms with van der Waals surface area (Å²) in [5.74, 6) is 2.69. The largest absolute Gasteiger partial charge is 0.497 e. The molecule has 158 valence electrons. The highest BCUT2D eigenvalue weighted by Gasteiger charge is 2.28. The number of amides is 1. The summed E-state index contributed by atoms with van der Waals surface area (Å²) in [6.07, 6.45) is 6.92. The normalized spacial score (nSPS) is 19.1. The molecule has 7 heteroatoms. The summed E-state index contributed by atoms with van der Waals surface area (Å²) in [6.45, 7) is 5.17. The molecule has 1 aliphatic carbocycles. The highest BCUT2D eigenvalue weighted by Crippen LogP contribution is 2.39. The molecule has 0 spiro atoms. The van der Waals surface area contributed by atoms with Crippen molar-refractivity contribution in [2.75, 3.05) is 19.4 Å². The van der Waals surface area contributed by atoms with E-state index >= 15 is 0 Å². The first kappa shape index (κ1) is 21.7. The predicted octanol–water partition coefficient (Wildman–Crippen LogP) is 4.71. The van der Waals surface area contributed by atoms with E-state index in [2.05, 4.69) is 33.9 Å². The number of carbonyl (C=O) groups is 1. The molecular formula is C22H32N4O2S. The van der Waals surface area contributed by atoms with Crippen molar-refractivity contribution in [2.45, 2.75) is 63.6 Å². The molecule has 2 atom stereocenters. The van der Waals surface area contributed by atoms with Crippen LogP contribution in [0.1, 0.15) is 58.4 Å². The lowest BCUT2D eigenvalue weighted by molar-refractivity contribution is -0.118. The maximum atomic E-state index is 12.2. The van der Waals surface area contributed by atoms with Gasteiger partial charge in [0, 0.05) is 18.2 Å². The van der Waals surface area contributed by atoms with Gasteiger partial charge in [-0.1, -0.05) is 44.9 Å². The molecule has 1 heterocycles. The van der Waals surface area contributed by atoms with Gasteiger partial charge in [0.2, 0.25) is 5.91 Å². The van der Waals surface area contributed by atoms with Gasteiger partial charge in [-0.2, -0.15) is 0 Å². The van der Waals surface area contributed by atoms with Crippen LogP contribution in [0, 0.1) is 5.92 Å². The number of nitrogens with one attached hydrogen (secondary N) is 1. The Balaban J connectivity index is 1.83. The number of carbonyl (C=O) groups excluding carboxylic acids is 1. The Morgan fingerprint density at radius 3 is 2.69 bits per heavy atom. The Labute approximate surface area is 177 Å². The zero-order chi connectivity index (χ0) is 20.6. The van der Waals surface area contributed by atoms with Crippen molar-refractivity contribution >= 4 is 17.7 Å². The molecule has 0 unspecified atom stereocenters. The van der Waals surface area contributed by atoms with E-state index in [4.69, 9.17) is 4.74 Å². The van der Waals surface area contributed by atoms with Crippen molar-refractivity contribution in [3.63, 3.8) is 0 Å². The molecule has 0 saturated heterocycles. The third-order valence-electron chi connectivity index (χ3n) is 5.60. The highest BCUT2D eigenvalue weighted by molar-refractivity contribution is 7.99. The van der Waals surface area contributed by atoms with E-state index in [1.807, 2.05) is 24.3 Å². The summed E-state index contributed by atoms with van der Waals surface area (Å²) in [7, 11) is 1.67. The van der Waals surface area contributed by atoms with Crippen molar-refractivity contribution < 1.29 is 9.53 Å². The van der Waals surface area contributed by atoms with E-state index in [-0.39, 0.29) is 5.91 Å². The molecule has 3 rings (SSSR count). The van der Waals surface area contributed by atoms with Gasteiger partial charge in [-0.15, -0.1) is 10.2 Å². The monoisotopic (exact) mass is 416 g/mol. The molecule has 1 aliphatic rings. The summed E-state index contributed by atoms with van der Waals surface area (Å²) in [6, 6.07) is 8.32. The summed E-state index contributed by atoms with van der Waals surface area (Å²) in [5, 5.41) is 12.8. The van der Waals surface area contributed by atoms with Gasteiger partial charge in [-0.25, -0.2) is 0 Å². The summed E-state index contributed by atoms with van der Waals surface area (Å²) in [5.41, 5.74) is 1.02. The first-order valence-corrected chi connectivity index (χ1v) is 11.6. The topological polar surface area (TPSA) is 69.0 Å². The molecule has 1 saturated carbocycles. The van der Waals surface area contributed by atoms with Crippen LogP contribution < -0.4 is 10.1 Å². The van der Waals surface area contributed by atoms with E-state index in [0.29, 0.717) is 17.7 Å². The van der Waals surface area contributed by atoms with Gasteiger partial charge >= 0.3 is 0 Å². The van der Waals surface area contributed by atoms with Crippen molar-refractivity contribution in [2.24, 2.45) is 5.92 Å². The van der Waals surface area contributed by atoms with Gasteiger partial charge in [0.05, 0.1) is 12.9 Å². The summed E-state index contributed by atoms with van der Waals surface area (Å²) in [4.78, 5) is 12.2. The van der Waals surface area contributed by atoms with Gasteiger partial charge < -0.3 is 10.1 Å². The van der Waals surface area contributed by atoms with Gasteiger partial charge in [0.25, 0.3) is 0 Å². The van der Waals surface area contributed by atoms with Crippen LogP contribution >= 0.6 is 11.8 Å². The van der Waals surface area contributed by atoms with Gasteiger partial charge in [-0.3, -0.25) is 9.36 Å². The minimum Gasteiger partial charge on any atom is -0.497 e. The number of benzene rings is 1. The van der Waals surface area contributed by atoms with E-state index in [1.54, 1.807) is 7.11 Å². The average molecular weight is 417 g/mol. The number of unbranched alkanes of at least 4 members (excludes halogenated alkanes) is 1. The average Bonchev–Trinajstić information content (AvgIpc) is 3.16. The standard InChI is InChI=1S/C22H32N4O2S/c1-4-5-14-23-20(27)15-29-22-25-24-21(17-10-12-18(28-3)13-11-17)26(22)19-9-7-6-8-16(19)2/h10-13,16,19H,4-9,14-15H2,1-3H3,(H,23,27)/t16-,19-/m0/s1. The number of nitrogens with zero attached hydrogens (tertiary/aromatic N) is 3. The molecule has 1 amide bonds. The number of ether oxygens (including phenoxy) is 1. The lowest BCUT2D eigenvalue weighted by atomic mass is 9.85. The maximum absolute atomic E-state index is 12.2. The fraction of sp³-hybridized carbons (Fsp3) is 0.591. The fourth-order valence-corrected chi connectivity index (χ4v) is 4.70. The molecule has 1 aromatic heterocycles. The number of hydrogen-bond acceptors (Lipinski definition) is 5.